The van der Waals surface area contributed by atoms with Crippen molar-refractivity contribution in [2.45, 2.75) is 45.5 Å². The van der Waals surface area contributed by atoms with Crippen LogP contribution in [0.3, 0.4) is 0 Å². The highest BCUT2D eigenvalue weighted by Crippen LogP contribution is 2.25. The number of ether oxygens (including phenoxy) is 1. The fourth-order valence-corrected chi connectivity index (χ4v) is 4.55. The second-order valence-electron chi connectivity index (χ2n) is 8.13. The van der Waals surface area contributed by atoms with E-state index in [2.05, 4.69) is 5.32 Å². The number of methoxy groups -OCH3 is 1. The summed E-state index contributed by atoms with van der Waals surface area (Å²) in [5, 5.41) is 3.28. The number of amides is 2. The van der Waals surface area contributed by atoms with Crippen LogP contribution in [-0.4, -0.2) is 42.2 Å². The van der Waals surface area contributed by atoms with Crippen LogP contribution in [0.4, 0.5) is 4.39 Å². The lowest BCUT2D eigenvalue weighted by atomic mass is 10.1. The SMILES string of the molecule is CC[C@@H](C(=O)NCC(C)C)N(Cc1cccc(OC)c1)C(=O)CSCc1c(F)cccc1Cl. The van der Waals surface area contributed by atoms with Gasteiger partial charge in [0.25, 0.3) is 0 Å². The Morgan fingerprint density at radius 3 is 2.58 bits per heavy atom. The van der Waals surface area contributed by atoms with Gasteiger partial charge < -0.3 is 15.0 Å². The van der Waals surface area contributed by atoms with Gasteiger partial charge in [-0.2, -0.15) is 0 Å². The van der Waals surface area contributed by atoms with Gasteiger partial charge in [0.15, 0.2) is 0 Å². The van der Waals surface area contributed by atoms with Crippen LogP contribution >= 0.6 is 23.4 Å². The fraction of sp³-hybridized carbons (Fsp3) is 0.440. The first kappa shape index (κ1) is 27.0. The van der Waals surface area contributed by atoms with Gasteiger partial charge in [-0.25, -0.2) is 4.39 Å². The van der Waals surface area contributed by atoms with Gasteiger partial charge in [0.05, 0.1) is 12.9 Å². The van der Waals surface area contributed by atoms with Gasteiger partial charge in [-0.15, -0.1) is 11.8 Å². The normalized spacial score (nSPS) is 11.8. The van der Waals surface area contributed by atoms with Crippen molar-refractivity contribution in [1.29, 1.82) is 0 Å². The third-order valence-corrected chi connectivity index (χ3v) is 6.39. The molecule has 0 radical (unpaired) electrons. The molecule has 0 aliphatic rings. The first-order chi connectivity index (χ1) is 15.8. The lowest BCUT2D eigenvalue weighted by Crippen LogP contribution is -2.50. The van der Waals surface area contributed by atoms with Crippen molar-refractivity contribution >= 4 is 35.2 Å². The zero-order valence-corrected chi connectivity index (χ0v) is 21.1. The van der Waals surface area contributed by atoms with Gasteiger partial charge in [0, 0.05) is 29.4 Å². The van der Waals surface area contributed by atoms with E-state index in [1.807, 2.05) is 45.0 Å². The van der Waals surface area contributed by atoms with E-state index >= 15 is 0 Å². The molecule has 2 aromatic carbocycles. The summed E-state index contributed by atoms with van der Waals surface area (Å²) in [7, 11) is 1.58. The van der Waals surface area contributed by atoms with E-state index in [0.29, 0.717) is 35.2 Å². The monoisotopic (exact) mass is 494 g/mol. The lowest BCUT2D eigenvalue weighted by Gasteiger charge is -2.31. The third-order valence-electron chi connectivity index (χ3n) is 5.09. The van der Waals surface area contributed by atoms with Crippen LogP contribution in [0.15, 0.2) is 42.5 Å². The third kappa shape index (κ3) is 8.23. The van der Waals surface area contributed by atoms with Crippen LogP contribution in [0.25, 0.3) is 0 Å². The molecule has 2 amide bonds. The zero-order chi connectivity index (χ0) is 24.4. The van der Waals surface area contributed by atoms with E-state index in [1.54, 1.807) is 24.1 Å². The summed E-state index contributed by atoms with van der Waals surface area (Å²) in [4.78, 5) is 27.8. The molecule has 2 rings (SSSR count). The number of hydrogen-bond donors (Lipinski definition) is 1. The topological polar surface area (TPSA) is 58.6 Å². The predicted molar refractivity (Wildman–Crippen MR) is 133 cm³/mol. The Labute approximate surface area is 205 Å². The number of nitrogens with zero attached hydrogens (tertiary/aromatic N) is 1. The minimum atomic E-state index is -0.611. The Balaban J connectivity index is 2.18. The van der Waals surface area contributed by atoms with E-state index in [9.17, 15) is 14.0 Å². The van der Waals surface area contributed by atoms with E-state index in [0.717, 1.165) is 5.56 Å². The first-order valence-electron chi connectivity index (χ1n) is 11.0. The van der Waals surface area contributed by atoms with Crippen LogP contribution in [0.1, 0.15) is 38.3 Å². The minimum absolute atomic E-state index is 0.0998. The maximum absolute atomic E-state index is 14.1. The molecule has 0 saturated carbocycles. The molecule has 33 heavy (non-hydrogen) atoms. The summed E-state index contributed by atoms with van der Waals surface area (Å²) in [6.45, 7) is 6.73. The highest BCUT2D eigenvalue weighted by Gasteiger charge is 2.28. The summed E-state index contributed by atoms with van der Waals surface area (Å²) in [5.74, 6) is 0.584. The highest BCUT2D eigenvalue weighted by molar-refractivity contribution is 7.99. The van der Waals surface area contributed by atoms with E-state index in [-0.39, 0.29) is 29.9 Å². The molecule has 0 saturated heterocycles. The highest BCUT2D eigenvalue weighted by atomic mass is 35.5. The van der Waals surface area contributed by atoms with Crippen molar-refractivity contribution in [3.8, 4) is 5.75 Å². The Bertz CT molecular complexity index is 921. The molecule has 0 heterocycles. The van der Waals surface area contributed by atoms with E-state index in [4.69, 9.17) is 16.3 Å². The van der Waals surface area contributed by atoms with Gasteiger partial charge in [0.1, 0.15) is 17.6 Å². The lowest BCUT2D eigenvalue weighted by molar-refractivity contribution is -0.139. The maximum Gasteiger partial charge on any atom is 0.242 e. The second-order valence-corrected chi connectivity index (χ2v) is 9.52. The molecule has 180 valence electrons. The first-order valence-corrected chi connectivity index (χ1v) is 12.5. The van der Waals surface area contributed by atoms with Crippen molar-refractivity contribution < 1.29 is 18.7 Å². The van der Waals surface area contributed by atoms with Gasteiger partial charge in [-0.3, -0.25) is 9.59 Å². The van der Waals surface area contributed by atoms with Gasteiger partial charge in [-0.05, 0) is 42.2 Å². The van der Waals surface area contributed by atoms with Gasteiger partial charge in [0.2, 0.25) is 11.8 Å². The Kier molecular flexibility index (Phi) is 11.0. The quantitative estimate of drug-likeness (QED) is 0.435. The summed E-state index contributed by atoms with van der Waals surface area (Å²) < 4.78 is 19.4. The number of carbonyl (C=O) groups excluding carboxylic acids is 2. The van der Waals surface area contributed by atoms with Crippen molar-refractivity contribution in [2.75, 3.05) is 19.4 Å². The molecule has 1 N–H and O–H groups in total. The summed E-state index contributed by atoms with van der Waals surface area (Å²) in [6, 6.07) is 11.4. The van der Waals surface area contributed by atoms with Crippen LogP contribution < -0.4 is 10.1 Å². The van der Waals surface area contributed by atoms with Crippen LogP contribution in [0, 0.1) is 11.7 Å². The maximum atomic E-state index is 14.1. The minimum Gasteiger partial charge on any atom is -0.497 e. The number of halogens is 2. The molecule has 0 bridgehead atoms. The number of thioether (sulfide) groups is 1. The average Bonchev–Trinajstić information content (AvgIpc) is 2.79. The van der Waals surface area contributed by atoms with Crippen LogP contribution in [-0.2, 0) is 21.9 Å². The molecule has 5 nitrogen and oxygen atoms in total. The van der Waals surface area contributed by atoms with Gasteiger partial charge in [-0.1, -0.05) is 50.6 Å². The van der Waals surface area contributed by atoms with Crippen molar-refractivity contribution in [1.82, 2.24) is 10.2 Å². The van der Waals surface area contributed by atoms with Crippen molar-refractivity contribution in [3.63, 3.8) is 0 Å². The van der Waals surface area contributed by atoms with E-state index in [1.165, 1.54) is 17.8 Å². The number of benzene rings is 2. The number of rotatable bonds is 12. The molecule has 0 spiro atoms. The molecule has 1 atom stereocenters. The Morgan fingerprint density at radius 2 is 1.94 bits per heavy atom. The molecule has 0 fully saturated rings. The van der Waals surface area contributed by atoms with Crippen LogP contribution in [0.5, 0.6) is 5.75 Å². The van der Waals surface area contributed by atoms with Crippen molar-refractivity contribution in [3.05, 3.63) is 64.4 Å². The van der Waals surface area contributed by atoms with E-state index < -0.39 is 11.9 Å². The molecular formula is C25H32ClFN2O3S. The molecule has 0 aromatic heterocycles. The Hall–Kier alpha value is -2.25. The molecule has 8 heteroatoms. The number of carbonyl (C=O) groups is 2. The smallest absolute Gasteiger partial charge is 0.242 e. The zero-order valence-electron chi connectivity index (χ0n) is 19.6. The molecule has 2 aromatic rings. The number of nitrogens with one attached hydrogen (secondary N) is 1. The molecule has 0 unspecified atom stereocenters. The summed E-state index contributed by atoms with van der Waals surface area (Å²) in [5.41, 5.74) is 1.23. The fourth-order valence-electron chi connectivity index (χ4n) is 3.30. The summed E-state index contributed by atoms with van der Waals surface area (Å²) in [6.07, 6.45) is 0.476. The molecule has 0 aliphatic heterocycles. The average molecular weight is 495 g/mol. The summed E-state index contributed by atoms with van der Waals surface area (Å²) >= 11 is 7.38. The number of hydrogen-bond acceptors (Lipinski definition) is 4. The van der Waals surface area contributed by atoms with Crippen molar-refractivity contribution in [2.24, 2.45) is 5.92 Å². The largest absolute Gasteiger partial charge is 0.497 e. The molecular weight excluding hydrogens is 463 g/mol. The Morgan fingerprint density at radius 1 is 1.21 bits per heavy atom. The standard InChI is InChI=1S/C25H32ClFN2O3S/c1-5-23(25(31)28-13-17(2)3)29(14-18-8-6-9-19(12-18)32-4)24(30)16-33-15-20-21(26)10-7-11-22(20)27/h6-12,17,23H,5,13-16H2,1-4H3,(H,28,31)/t23-/m0/s1. The molecule has 0 aliphatic carbocycles. The van der Waals surface area contributed by atoms with Crippen LogP contribution in [0.2, 0.25) is 5.02 Å². The second kappa shape index (κ2) is 13.5. The van der Waals surface area contributed by atoms with Gasteiger partial charge >= 0.3 is 0 Å². The predicted octanol–water partition coefficient (Wildman–Crippen LogP) is 5.30.